The molecule has 0 aliphatic heterocycles. The molecule has 3 N–H and O–H groups in total. The Bertz CT molecular complexity index is 663. The number of aromatic nitrogens is 2. The first kappa shape index (κ1) is 22.4. The Morgan fingerprint density at radius 2 is 2.20 bits per heavy atom. The number of hydroxylamine groups is 1. The lowest BCUT2D eigenvalue weighted by Gasteiger charge is -2.20. The highest BCUT2D eigenvalue weighted by molar-refractivity contribution is 14.1. The summed E-state index contributed by atoms with van der Waals surface area (Å²) < 4.78 is 6.81. The molecule has 2 atom stereocenters. The predicted octanol–water partition coefficient (Wildman–Crippen LogP) is 3.86. The van der Waals surface area contributed by atoms with Gasteiger partial charge in [0.15, 0.2) is 10.4 Å². The van der Waals surface area contributed by atoms with Crippen LogP contribution in [0.25, 0.3) is 0 Å². The van der Waals surface area contributed by atoms with E-state index >= 15 is 0 Å². The number of carbonyl (C=O) groups excluding carboxylic acids is 1. The van der Waals surface area contributed by atoms with E-state index < -0.39 is 16.0 Å². The maximum absolute atomic E-state index is 12.2. The number of allylic oxidation sites excluding steroid dienone is 2. The third-order valence-corrected chi connectivity index (χ3v) is 5.00. The molecule has 0 aliphatic carbocycles. The number of imidazole rings is 1. The monoisotopic (exact) mass is 547 g/mol. The third kappa shape index (κ3) is 5.95. The Labute approximate surface area is 173 Å². The van der Waals surface area contributed by atoms with Crippen LogP contribution >= 0.6 is 50.1 Å². The number of halogens is 3. The van der Waals surface area contributed by atoms with Crippen LogP contribution in [-0.2, 0) is 4.74 Å². The van der Waals surface area contributed by atoms with Crippen molar-refractivity contribution in [2.45, 2.75) is 36.8 Å². The van der Waals surface area contributed by atoms with Crippen LogP contribution in [0, 0.1) is 0 Å². The molecule has 7 nitrogen and oxygen atoms in total. The van der Waals surface area contributed by atoms with Crippen molar-refractivity contribution in [3.63, 3.8) is 0 Å². The number of hydrogen-bond donors (Lipinski definition) is 3. The highest BCUT2D eigenvalue weighted by Gasteiger charge is 2.31. The number of ether oxygens (including phenoxy) is 1. The third-order valence-electron chi connectivity index (χ3n) is 3.11. The van der Waals surface area contributed by atoms with Crippen LogP contribution in [0.5, 0.6) is 0 Å². The molecule has 0 aromatic carbocycles. The Kier molecular flexibility index (Phi) is 9.43. The molecule has 25 heavy (non-hydrogen) atoms. The SMILES string of the molecule is CCOC(=O)c1nc(Br)n(C(C)C)c1C(O)C(I)/C=C\C(Cl)=C/NO. The van der Waals surface area contributed by atoms with Crippen LogP contribution in [0.1, 0.15) is 49.1 Å². The van der Waals surface area contributed by atoms with Crippen LogP contribution in [0.2, 0.25) is 0 Å². The van der Waals surface area contributed by atoms with Gasteiger partial charge in [0.05, 0.1) is 21.3 Å². The zero-order valence-corrected chi connectivity index (χ0v) is 18.4. The van der Waals surface area contributed by atoms with E-state index in [9.17, 15) is 9.90 Å². The Morgan fingerprint density at radius 1 is 1.56 bits per heavy atom. The fourth-order valence-corrected chi connectivity index (χ4v) is 3.54. The van der Waals surface area contributed by atoms with Gasteiger partial charge in [0.1, 0.15) is 6.10 Å². The molecular formula is C15H20BrClIN3O4. The highest BCUT2D eigenvalue weighted by Crippen LogP contribution is 2.32. The second kappa shape index (κ2) is 10.5. The van der Waals surface area contributed by atoms with Crippen molar-refractivity contribution in [1.29, 1.82) is 0 Å². The molecule has 1 heterocycles. The minimum absolute atomic E-state index is 0.0376. The lowest BCUT2D eigenvalue weighted by Crippen LogP contribution is -2.20. The molecule has 2 unspecified atom stereocenters. The summed E-state index contributed by atoms with van der Waals surface area (Å²) in [5, 5.41) is 19.6. The van der Waals surface area contributed by atoms with Gasteiger partial charge in [-0.15, -0.1) is 0 Å². The topological polar surface area (TPSA) is 96.6 Å². The van der Waals surface area contributed by atoms with Gasteiger partial charge < -0.3 is 14.4 Å². The lowest BCUT2D eigenvalue weighted by molar-refractivity contribution is 0.0512. The van der Waals surface area contributed by atoms with Crippen LogP contribution in [0.4, 0.5) is 0 Å². The van der Waals surface area contributed by atoms with Gasteiger partial charge in [0.25, 0.3) is 0 Å². The minimum atomic E-state index is -1.02. The molecule has 0 saturated heterocycles. The Balaban J connectivity index is 3.28. The summed E-state index contributed by atoms with van der Waals surface area (Å²) in [5.74, 6) is -0.591. The van der Waals surface area contributed by atoms with Crippen molar-refractivity contribution in [3.05, 3.63) is 39.5 Å². The summed E-state index contributed by atoms with van der Waals surface area (Å²) in [7, 11) is 0. The average Bonchev–Trinajstić information content (AvgIpc) is 2.90. The van der Waals surface area contributed by atoms with Gasteiger partial charge in [-0.2, -0.15) is 0 Å². The summed E-state index contributed by atoms with van der Waals surface area (Å²) in [6, 6.07) is -0.0376. The van der Waals surface area contributed by atoms with Crippen molar-refractivity contribution < 1.29 is 19.8 Å². The average molecular weight is 549 g/mol. The second-order valence-electron chi connectivity index (χ2n) is 5.21. The standard InChI is InChI=1S/C15H20BrClIN3O4/c1-4-25-14(23)11-12(21(8(2)3)15(16)20-11)13(22)10(18)6-5-9(17)7-19-24/h5-8,10,13,19,22,24H,4H2,1-3H3/b6-5-,9-7+. The van der Waals surface area contributed by atoms with Gasteiger partial charge in [0, 0.05) is 12.2 Å². The molecule has 1 aromatic rings. The molecule has 0 saturated carbocycles. The molecule has 140 valence electrons. The molecule has 0 radical (unpaired) electrons. The van der Waals surface area contributed by atoms with E-state index in [1.54, 1.807) is 17.6 Å². The summed E-state index contributed by atoms with van der Waals surface area (Å²) in [5.41, 5.74) is 2.26. The van der Waals surface area contributed by atoms with Gasteiger partial charge in [-0.05, 0) is 42.8 Å². The summed E-state index contributed by atoms with van der Waals surface area (Å²) in [6.07, 6.45) is 3.35. The van der Waals surface area contributed by atoms with Crippen molar-refractivity contribution in [2.24, 2.45) is 0 Å². The number of nitrogens with zero attached hydrogens (tertiary/aromatic N) is 2. The molecule has 10 heteroatoms. The summed E-state index contributed by atoms with van der Waals surface area (Å²) >= 11 is 11.2. The largest absolute Gasteiger partial charge is 0.461 e. The van der Waals surface area contributed by atoms with Gasteiger partial charge in [-0.1, -0.05) is 40.3 Å². The molecule has 0 fully saturated rings. The van der Waals surface area contributed by atoms with E-state index in [0.29, 0.717) is 10.4 Å². The zero-order valence-electron chi connectivity index (χ0n) is 13.9. The Morgan fingerprint density at radius 3 is 2.72 bits per heavy atom. The highest BCUT2D eigenvalue weighted by atomic mass is 127. The number of aliphatic hydroxyl groups is 1. The van der Waals surface area contributed by atoms with Gasteiger partial charge >= 0.3 is 5.97 Å². The van der Waals surface area contributed by atoms with E-state index in [2.05, 4.69) is 20.9 Å². The van der Waals surface area contributed by atoms with E-state index in [-0.39, 0.29) is 23.4 Å². The van der Waals surface area contributed by atoms with Crippen molar-refractivity contribution in [1.82, 2.24) is 15.0 Å². The molecule has 1 rings (SSSR count). The van der Waals surface area contributed by atoms with Crippen molar-refractivity contribution in [2.75, 3.05) is 6.61 Å². The molecule has 0 bridgehead atoms. The lowest BCUT2D eigenvalue weighted by atomic mass is 10.1. The fourth-order valence-electron chi connectivity index (χ4n) is 2.09. The van der Waals surface area contributed by atoms with Crippen LogP contribution in [0.3, 0.4) is 0 Å². The van der Waals surface area contributed by atoms with Crippen LogP contribution in [-0.4, -0.2) is 36.4 Å². The molecule has 0 amide bonds. The first-order valence-electron chi connectivity index (χ1n) is 7.44. The number of nitrogens with one attached hydrogen (secondary N) is 1. The summed E-state index contributed by atoms with van der Waals surface area (Å²) in [6.45, 7) is 5.75. The van der Waals surface area contributed by atoms with E-state index in [4.69, 9.17) is 21.5 Å². The number of carbonyl (C=O) groups is 1. The van der Waals surface area contributed by atoms with Gasteiger partial charge in [-0.3, -0.25) is 10.7 Å². The number of alkyl halides is 1. The minimum Gasteiger partial charge on any atom is -0.461 e. The van der Waals surface area contributed by atoms with Gasteiger partial charge in [0.2, 0.25) is 0 Å². The molecular weight excluding hydrogens is 528 g/mol. The number of aliphatic hydroxyl groups excluding tert-OH is 1. The number of rotatable bonds is 8. The number of hydrogen-bond acceptors (Lipinski definition) is 6. The molecule has 0 aliphatic rings. The van der Waals surface area contributed by atoms with E-state index in [1.807, 2.05) is 41.9 Å². The van der Waals surface area contributed by atoms with E-state index in [0.717, 1.165) is 0 Å². The van der Waals surface area contributed by atoms with Crippen LogP contribution in [0.15, 0.2) is 28.1 Å². The van der Waals surface area contributed by atoms with Crippen molar-refractivity contribution in [3.8, 4) is 0 Å². The first-order chi connectivity index (χ1) is 11.7. The quantitative estimate of drug-likeness (QED) is 0.150. The molecule has 0 spiro atoms. The van der Waals surface area contributed by atoms with Crippen molar-refractivity contribution >= 4 is 56.1 Å². The summed E-state index contributed by atoms with van der Waals surface area (Å²) in [4.78, 5) is 16.4. The zero-order chi connectivity index (χ0) is 19.1. The maximum Gasteiger partial charge on any atom is 0.358 e. The van der Waals surface area contributed by atoms with Crippen LogP contribution < -0.4 is 5.48 Å². The second-order valence-corrected chi connectivity index (χ2v) is 7.79. The smallest absolute Gasteiger partial charge is 0.358 e. The number of esters is 1. The maximum atomic E-state index is 12.2. The normalized spacial score (nSPS) is 14.8. The predicted molar refractivity (Wildman–Crippen MR) is 107 cm³/mol. The van der Waals surface area contributed by atoms with Gasteiger partial charge in [-0.25, -0.2) is 9.78 Å². The fraction of sp³-hybridized carbons (Fsp3) is 0.467. The van der Waals surface area contributed by atoms with E-state index in [1.165, 1.54) is 12.3 Å². The first-order valence-corrected chi connectivity index (χ1v) is 9.86. The molecule has 1 aromatic heterocycles. The Hall–Kier alpha value is -0.620.